The zero-order chi connectivity index (χ0) is 13.6. The molecule has 1 aliphatic heterocycles. The highest BCUT2D eigenvalue weighted by Gasteiger charge is 2.27. The summed E-state index contributed by atoms with van der Waals surface area (Å²) in [6.45, 7) is 3.95. The maximum atomic E-state index is 10.2. The molecule has 0 aromatic carbocycles. The van der Waals surface area contributed by atoms with E-state index in [1.807, 2.05) is 0 Å². The molecule has 0 aromatic rings. The molecule has 0 aromatic heterocycles. The highest BCUT2D eigenvalue weighted by Crippen LogP contribution is 2.05. The Bertz CT molecular complexity index is 269. The Morgan fingerprint density at radius 1 is 1.35 bits per heavy atom. The first-order valence-corrected chi connectivity index (χ1v) is 5.38. The average molecular weight is 248 g/mol. The van der Waals surface area contributed by atoms with Gasteiger partial charge in [0.2, 0.25) is 0 Å². The molecule has 1 rings (SSSR count). The number of β-amino-alcohol motifs (C(OH)–C–C–N with tert-alkyl or cyclic N) is 1. The summed E-state index contributed by atoms with van der Waals surface area (Å²) in [6.07, 6.45) is -0.152. The number of nitrogens with two attached hydrogens (primary N) is 1. The predicted molar refractivity (Wildman–Crippen MR) is 60.5 cm³/mol. The Labute approximate surface area is 99.6 Å². The summed E-state index contributed by atoms with van der Waals surface area (Å²) in [6, 6.07) is -1.25. The summed E-state index contributed by atoms with van der Waals surface area (Å²) in [5, 5.41) is 28.1. The standard InChI is InChI=1S/C5H9NO3.C5H11NO2/c7-3-1-4(5(8)9)6-2-3;1-3(2)4(6)5(7)8/h3-4,6-7H,1-2H2,(H,8,9);3-4H,6H2,1-2H3,(H,7,8)/t;4-/m.0/s1. The third-order valence-corrected chi connectivity index (χ3v) is 2.41. The summed E-state index contributed by atoms with van der Waals surface area (Å²) in [4.78, 5) is 20.2. The number of carbonyl (C=O) groups is 2. The van der Waals surface area contributed by atoms with Crippen molar-refractivity contribution in [3.05, 3.63) is 0 Å². The number of aliphatic hydroxyl groups is 1. The van der Waals surface area contributed by atoms with Gasteiger partial charge in [0, 0.05) is 13.0 Å². The number of aliphatic hydroxyl groups excluding tert-OH is 1. The van der Waals surface area contributed by atoms with Crippen LogP contribution in [0.3, 0.4) is 0 Å². The first kappa shape index (κ1) is 15.8. The second-order valence-electron chi connectivity index (χ2n) is 4.30. The predicted octanol–water partition coefficient (Wildman–Crippen LogP) is -1.15. The first-order chi connectivity index (χ1) is 7.75. The number of carboxylic acids is 2. The van der Waals surface area contributed by atoms with E-state index in [2.05, 4.69) is 5.32 Å². The van der Waals surface area contributed by atoms with Crippen molar-refractivity contribution in [2.75, 3.05) is 6.54 Å². The van der Waals surface area contributed by atoms with E-state index in [0.717, 1.165) is 0 Å². The van der Waals surface area contributed by atoms with Crippen LogP contribution in [0.2, 0.25) is 0 Å². The molecule has 7 nitrogen and oxygen atoms in total. The molecule has 0 saturated carbocycles. The van der Waals surface area contributed by atoms with Crippen molar-refractivity contribution in [3.63, 3.8) is 0 Å². The summed E-state index contributed by atoms with van der Waals surface area (Å²) in [5.41, 5.74) is 5.16. The monoisotopic (exact) mass is 248 g/mol. The molecule has 6 N–H and O–H groups in total. The van der Waals surface area contributed by atoms with Crippen LogP contribution >= 0.6 is 0 Å². The second kappa shape index (κ2) is 7.21. The molecule has 0 aliphatic carbocycles. The SMILES string of the molecule is CC(C)[C@H](N)C(=O)O.O=C(O)C1CC(O)CN1. The maximum absolute atomic E-state index is 10.2. The number of rotatable bonds is 3. The Hall–Kier alpha value is -1.18. The van der Waals surface area contributed by atoms with Crippen molar-refractivity contribution >= 4 is 11.9 Å². The Morgan fingerprint density at radius 2 is 1.88 bits per heavy atom. The minimum atomic E-state index is -0.931. The van der Waals surface area contributed by atoms with Crippen LogP contribution in [0.25, 0.3) is 0 Å². The van der Waals surface area contributed by atoms with Crippen molar-refractivity contribution in [3.8, 4) is 0 Å². The van der Waals surface area contributed by atoms with E-state index in [1.54, 1.807) is 13.8 Å². The lowest BCUT2D eigenvalue weighted by molar-refractivity contribution is -0.140. The van der Waals surface area contributed by atoms with Crippen LogP contribution < -0.4 is 11.1 Å². The molecule has 1 saturated heterocycles. The van der Waals surface area contributed by atoms with Gasteiger partial charge in [-0.25, -0.2) is 0 Å². The molecule has 0 bridgehead atoms. The molecule has 2 unspecified atom stereocenters. The van der Waals surface area contributed by atoms with E-state index in [1.165, 1.54) is 0 Å². The van der Waals surface area contributed by atoms with E-state index < -0.39 is 30.1 Å². The Balaban J connectivity index is 0.000000304. The fraction of sp³-hybridized carbons (Fsp3) is 0.800. The van der Waals surface area contributed by atoms with E-state index in [9.17, 15) is 9.59 Å². The van der Waals surface area contributed by atoms with Crippen molar-refractivity contribution in [1.29, 1.82) is 0 Å². The van der Waals surface area contributed by atoms with Crippen molar-refractivity contribution < 1.29 is 24.9 Å². The minimum absolute atomic E-state index is 0.0208. The highest BCUT2D eigenvalue weighted by atomic mass is 16.4. The lowest BCUT2D eigenvalue weighted by Gasteiger charge is -2.07. The van der Waals surface area contributed by atoms with Gasteiger partial charge in [0.15, 0.2) is 0 Å². The van der Waals surface area contributed by atoms with Gasteiger partial charge in [-0.05, 0) is 5.92 Å². The van der Waals surface area contributed by atoms with E-state index >= 15 is 0 Å². The average Bonchev–Trinajstić information content (AvgIpc) is 2.64. The van der Waals surface area contributed by atoms with Crippen LogP contribution in [-0.4, -0.2) is 52.0 Å². The smallest absolute Gasteiger partial charge is 0.320 e. The van der Waals surface area contributed by atoms with Crippen LogP contribution in [0.5, 0.6) is 0 Å². The fourth-order valence-corrected chi connectivity index (χ4v) is 1.19. The zero-order valence-electron chi connectivity index (χ0n) is 9.96. The number of aliphatic carboxylic acids is 2. The molecule has 1 aliphatic rings. The molecule has 7 heteroatoms. The quantitative estimate of drug-likeness (QED) is 0.426. The number of hydrogen-bond donors (Lipinski definition) is 5. The van der Waals surface area contributed by atoms with E-state index in [-0.39, 0.29) is 5.92 Å². The summed E-state index contributed by atoms with van der Waals surface area (Å²) >= 11 is 0. The maximum Gasteiger partial charge on any atom is 0.320 e. The topological polar surface area (TPSA) is 133 Å². The minimum Gasteiger partial charge on any atom is -0.480 e. The van der Waals surface area contributed by atoms with E-state index in [0.29, 0.717) is 13.0 Å². The Kier molecular flexibility index (Phi) is 6.71. The number of hydrogen-bond acceptors (Lipinski definition) is 5. The van der Waals surface area contributed by atoms with Gasteiger partial charge in [0.05, 0.1) is 6.10 Å². The molecular formula is C10H20N2O5. The molecular weight excluding hydrogens is 228 g/mol. The van der Waals surface area contributed by atoms with Gasteiger partial charge in [0.25, 0.3) is 0 Å². The molecule has 17 heavy (non-hydrogen) atoms. The third-order valence-electron chi connectivity index (χ3n) is 2.41. The number of carboxylic acid groups (broad SMARTS) is 2. The third kappa shape index (κ3) is 6.20. The lowest BCUT2D eigenvalue weighted by atomic mass is 10.1. The van der Waals surface area contributed by atoms with Gasteiger partial charge in [-0.2, -0.15) is 0 Å². The summed E-state index contributed by atoms with van der Waals surface area (Å²) in [5.74, 6) is -1.79. The van der Waals surface area contributed by atoms with Gasteiger partial charge in [-0.1, -0.05) is 13.8 Å². The van der Waals surface area contributed by atoms with E-state index in [4.69, 9.17) is 21.1 Å². The number of nitrogens with one attached hydrogen (secondary N) is 1. The van der Waals surface area contributed by atoms with Crippen LogP contribution in [0.1, 0.15) is 20.3 Å². The van der Waals surface area contributed by atoms with Crippen LogP contribution in [-0.2, 0) is 9.59 Å². The Morgan fingerprint density at radius 3 is 2.00 bits per heavy atom. The van der Waals surface area contributed by atoms with Crippen molar-refractivity contribution in [2.24, 2.45) is 11.7 Å². The van der Waals surface area contributed by atoms with Gasteiger partial charge in [0.1, 0.15) is 12.1 Å². The zero-order valence-corrected chi connectivity index (χ0v) is 9.96. The van der Waals surface area contributed by atoms with Gasteiger partial charge in [-0.3, -0.25) is 9.59 Å². The summed E-state index contributed by atoms with van der Waals surface area (Å²) in [7, 11) is 0. The van der Waals surface area contributed by atoms with Gasteiger partial charge in [-0.15, -0.1) is 0 Å². The molecule has 0 amide bonds. The molecule has 3 atom stereocenters. The van der Waals surface area contributed by atoms with Gasteiger partial charge < -0.3 is 26.4 Å². The van der Waals surface area contributed by atoms with Crippen molar-refractivity contribution in [2.45, 2.75) is 38.5 Å². The van der Waals surface area contributed by atoms with Crippen molar-refractivity contribution in [1.82, 2.24) is 5.32 Å². The molecule has 0 radical (unpaired) electrons. The molecule has 100 valence electrons. The lowest BCUT2D eigenvalue weighted by Crippen LogP contribution is -2.34. The highest BCUT2D eigenvalue weighted by molar-refractivity contribution is 5.74. The van der Waals surface area contributed by atoms with Crippen LogP contribution in [0, 0.1) is 5.92 Å². The van der Waals surface area contributed by atoms with Gasteiger partial charge >= 0.3 is 11.9 Å². The van der Waals surface area contributed by atoms with Crippen LogP contribution in [0.15, 0.2) is 0 Å². The molecule has 0 spiro atoms. The van der Waals surface area contributed by atoms with Crippen LogP contribution in [0.4, 0.5) is 0 Å². The first-order valence-electron chi connectivity index (χ1n) is 5.38. The summed E-state index contributed by atoms with van der Waals surface area (Å²) < 4.78 is 0. The second-order valence-corrected chi connectivity index (χ2v) is 4.30. The normalized spacial score (nSPS) is 25.0. The largest absolute Gasteiger partial charge is 0.480 e. The molecule has 1 heterocycles. The molecule has 1 fully saturated rings. The fourth-order valence-electron chi connectivity index (χ4n) is 1.19.